The third-order valence-corrected chi connectivity index (χ3v) is 2.32. The van der Waals surface area contributed by atoms with Gasteiger partial charge in [0.25, 0.3) is 0 Å². The first kappa shape index (κ1) is 11.2. The molecule has 0 bridgehead atoms. The van der Waals surface area contributed by atoms with Crippen molar-refractivity contribution in [3.05, 3.63) is 36.5 Å². The Bertz CT molecular complexity index is 493. The molecule has 0 atom stereocenters. The molecule has 0 spiro atoms. The molecule has 0 radical (unpaired) electrons. The first-order valence-electron chi connectivity index (χ1n) is 5.28. The summed E-state index contributed by atoms with van der Waals surface area (Å²) in [7, 11) is 4.01. The molecule has 0 saturated heterocycles. The van der Waals surface area contributed by atoms with Crippen molar-refractivity contribution in [2.45, 2.75) is 0 Å². The summed E-state index contributed by atoms with van der Waals surface area (Å²) in [6.07, 6.45) is 1.62. The highest BCUT2D eigenvalue weighted by Crippen LogP contribution is 2.18. The fraction of sp³-hybridized carbons (Fsp3) is 0.167. The van der Waals surface area contributed by atoms with E-state index in [1.807, 2.05) is 43.3 Å². The molecule has 0 saturated carbocycles. The summed E-state index contributed by atoms with van der Waals surface area (Å²) in [4.78, 5) is 10.2. The van der Waals surface area contributed by atoms with Gasteiger partial charge in [-0.25, -0.2) is 4.98 Å². The van der Waals surface area contributed by atoms with Crippen molar-refractivity contribution in [1.29, 1.82) is 0 Å². The van der Waals surface area contributed by atoms with Gasteiger partial charge in [0.1, 0.15) is 5.82 Å². The number of hydrogen-bond acceptors (Lipinski definition) is 5. The number of hydrogen-bond donors (Lipinski definition) is 2. The van der Waals surface area contributed by atoms with Gasteiger partial charge in [0, 0.05) is 31.7 Å². The highest BCUT2D eigenvalue weighted by atomic mass is 15.1. The Balaban J connectivity index is 2.14. The summed E-state index contributed by atoms with van der Waals surface area (Å²) in [5.74, 6) is 0.954. The maximum Gasteiger partial charge on any atom is 0.229 e. The largest absolute Gasteiger partial charge is 0.384 e. The van der Waals surface area contributed by atoms with Crippen LogP contribution < -0.4 is 16.0 Å². The minimum Gasteiger partial charge on any atom is -0.384 e. The van der Waals surface area contributed by atoms with Crippen molar-refractivity contribution in [3.8, 4) is 0 Å². The van der Waals surface area contributed by atoms with Crippen molar-refractivity contribution in [2.24, 2.45) is 0 Å². The van der Waals surface area contributed by atoms with Crippen LogP contribution in [0, 0.1) is 0 Å². The molecular weight excluding hydrogens is 214 g/mol. The lowest BCUT2D eigenvalue weighted by Gasteiger charge is -2.12. The molecule has 1 aromatic heterocycles. The van der Waals surface area contributed by atoms with E-state index in [9.17, 15) is 0 Å². The standard InChI is InChI=1S/C12H15N5/c1-17(2)10-5-3-9(4-6-10)15-12-14-8-7-11(13)16-12/h3-8H,1-2H3,(H3,13,14,15,16). The Morgan fingerprint density at radius 2 is 1.82 bits per heavy atom. The second kappa shape index (κ2) is 4.69. The average Bonchev–Trinajstić information content (AvgIpc) is 2.29. The lowest BCUT2D eigenvalue weighted by atomic mass is 10.2. The lowest BCUT2D eigenvalue weighted by Crippen LogP contribution is -2.08. The fourth-order valence-electron chi connectivity index (χ4n) is 1.40. The number of nitrogens with zero attached hydrogens (tertiary/aromatic N) is 3. The van der Waals surface area contributed by atoms with E-state index >= 15 is 0 Å². The Hall–Kier alpha value is -2.30. The van der Waals surface area contributed by atoms with Crippen LogP contribution in [0.2, 0.25) is 0 Å². The van der Waals surface area contributed by atoms with E-state index in [0.717, 1.165) is 11.4 Å². The van der Waals surface area contributed by atoms with Gasteiger partial charge in [-0.15, -0.1) is 0 Å². The Morgan fingerprint density at radius 1 is 1.12 bits per heavy atom. The van der Waals surface area contributed by atoms with Gasteiger partial charge in [-0.2, -0.15) is 4.98 Å². The summed E-state index contributed by atoms with van der Waals surface area (Å²) in [5.41, 5.74) is 7.65. The molecule has 0 fully saturated rings. The van der Waals surface area contributed by atoms with Crippen LogP contribution in [-0.4, -0.2) is 24.1 Å². The molecule has 2 aromatic rings. The normalized spacial score (nSPS) is 10.0. The molecular formula is C12H15N5. The molecule has 0 aliphatic heterocycles. The van der Waals surface area contributed by atoms with E-state index in [0.29, 0.717) is 11.8 Å². The molecule has 0 aliphatic carbocycles. The summed E-state index contributed by atoms with van der Waals surface area (Å²) in [6, 6.07) is 9.65. The van der Waals surface area contributed by atoms with Gasteiger partial charge >= 0.3 is 0 Å². The molecule has 88 valence electrons. The summed E-state index contributed by atoms with van der Waals surface area (Å²) >= 11 is 0. The maximum atomic E-state index is 5.58. The average molecular weight is 229 g/mol. The molecule has 1 aromatic carbocycles. The number of nitrogens with one attached hydrogen (secondary N) is 1. The second-order valence-corrected chi connectivity index (χ2v) is 3.87. The summed E-state index contributed by atoms with van der Waals surface area (Å²) in [5, 5.41) is 3.09. The summed E-state index contributed by atoms with van der Waals surface area (Å²) in [6.45, 7) is 0. The first-order valence-corrected chi connectivity index (χ1v) is 5.28. The highest BCUT2D eigenvalue weighted by Gasteiger charge is 1.99. The Kier molecular flexibility index (Phi) is 3.09. The van der Waals surface area contributed by atoms with Crippen molar-refractivity contribution in [1.82, 2.24) is 9.97 Å². The van der Waals surface area contributed by atoms with Crippen molar-refractivity contribution < 1.29 is 0 Å². The van der Waals surface area contributed by atoms with Crippen LogP contribution in [0.5, 0.6) is 0 Å². The van der Waals surface area contributed by atoms with Gasteiger partial charge in [0.15, 0.2) is 0 Å². The van der Waals surface area contributed by atoms with Gasteiger partial charge in [-0.1, -0.05) is 0 Å². The zero-order valence-electron chi connectivity index (χ0n) is 9.88. The number of benzene rings is 1. The predicted octanol–water partition coefficient (Wildman–Crippen LogP) is 1.87. The topological polar surface area (TPSA) is 67.1 Å². The van der Waals surface area contributed by atoms with Crippen LogP contribution in [0.3, 0.4) is 0 Å². The number of rotatable bonds is 3. The molecule has 2 rings (SSSR count). The molecule has 17 heavy (non-hydrogen) atoms. The SMILES string of the molecule is CN(C)c1ccc(Nc2nccc(N)n2)cc1. The van der Waals surface area contributed by atoms with Crippen LogP contribution in [0.25, 0.3) is 0 Å². The maximum absolute atomic E-state index is 5.58. The minimum atomic E-state index is 0.451. The van der Waals surface area contributed by atoms with Crippen molar-refractivity contribution in [3.63, 3.8) is 0 Å². The van der Waals surface area contributed by atoms with Crippen LogP contribution in [0.15, 0.2) is 36.5 Å². The monoisotopic (exact) mass is 229 g/mol. The second-order valence-electron chi connectivity index (χ2n) is 3.87. The van der Waals surface area contributed by atoms with E-state index in [1.54, 1.807) is 12.3 Å². The Labute approximate surface area is 100 Å². The molecule has 5 heteroatoms. The van der Waals surface area contributed by atoms with E-state index < -0.39 is 0 Å². The molecule has 0 unspecified atom stereocenters. The van der Waals surface area contributed by atoms with Gasteiger partial charge in [-0.3, -0.25) is 0 Å². The van der Waals surface area contributed by atoms with E-state index in [4.69, 9.17) is 5.73 Å². The molecule has 0 aliphatic rings. The zero-order chi connectivity index (χ0) is 12.3. The minimum absolute atomic E-state index is 0.451. The van der Waals surface area contributed by atoms with Crippen molar-refractivity contribution >= 4 is 23.1 Å². The summed E-state index contributed by atoms with van der Waals surface area (Å²) < 4.78 is 0. The number of nitrogen functional groups attached to an aromatic ring is 1. The third-order valence-electron chi connectivity index (χ3n) is 2.32. The van der Waals surface area contributed by atoms with Crippen LogP contribution >= 0.6 is 0 Å². The van der Waals surface area contributed by atoms with Crippen LogP contribution in [0.1, 0.15) is 0 Å². The molecule has 1 heterocycles. The van der Waals surface area contributed by atoms with Gasteiger partial charge < -0.3 is 16.0 Å². The fourth-order valence-corrected chi connectivity index (χ4v) is 1.40. The number of nitrogens with two attached hydrogens (primary N) is 1. The predicted molar refractivity (Wildman–Crippen MR) is 70.5 cm³/mol. The van der Waals surface area contributed by atoms with Gasteiger partial charge in [-0.05, 0) is 30.3 Å². The van der Waals surface area contributed by atoms with E-state index in [2.05, 4.69) is 15.3 Å². The van der Waals surface area contributed by atoms with E-state index in [-0.39, 0.29) is 0 Å². The molecule has 5 nitrogen and oxygen atoms in total. The smallest absolute Gasteiger partial charge is 0.229 e. The van der Waals surface area contributed by atoms with Crippen LogP contribution in [0.4, 0.5) is 23.1 Å². The highest BCUT2D eigenvalue weighted by molar-refractivity contribution is 5.59. The zero-order valence-corrected chi connectivity index (χ0v) is 9.88. The Morgan fingerprint density at radius 3 is 2.41 bits per heavy atom. The lowest BCUT2D eigenvalue weighted by molar-refractivity contribution is 1.13. The van der Waals surface area contributed by atoms with E-state index in [1.165, 1.54) is 0 Å². The van der Waals surface area contributed by atoms with Crippen molar-refractivity contribution in [2.75, 3.05) is 30.0 Å². The third kappa shape index (κ3) is 2.84. The van der Waals surface area contributed by atoms with Gasteiger partial charge in [0.2, 0.25) is 5.95 Å². The number of aromatic nitrogens is 2. The van der Waals surface area contributed by atoms with Gasteiger partial charge in [0.05, 0.1) is 0 Å². The van der Waals surface area contributed by atoms with Crippen LogP contribution in [-0.2, 0) is 0 Å². The quantitative estimate of drug-likeness (QED) is 0.841. The first-order chi connectivity index (χ1) is 8.15. The molecule has 3 N–H and O–H groups in total. The molecule has 0 amide bonds. The number of anilines is 4.